The van der Waals surface area contributed by atoms with Gasteiger partial charge in [-0.2, -0.15) is 0 Å². The van der Waals surface area contributed by atoms with Gasteiger partial charge in [-0.05, 0) is 49.8 Å². The van der Waals surface area contributed by atoms with E-state index in [0.29, 0.717) is 41.9 Å². The summed E-state index contributed by atoms with van der Waals surface area (Å²) in [6.45, 7) is 2.77. The number of carbonyl (C=O) groups is 1. The summed E-state index contributed by atoms with van der Waals surface area (Å²) in [6, 6.07) is 5.70. The number of benzene rings is 1. The number of hydrogen-bond acceptors (Lipinski definition) is 7. The Kier molecular flexibility index (Phi) is 8.13. The molecule has 0 bridgehead atoms. The molecule has 1 aromatic heterocycles. The molecule has 36 heavy (non-hydrogen) atoms. The SMILES string of the molecule is Cc1sc(N(CCC2CCCCC2)Cc2ccc(OC(F)(F)F)cc2)nc1C(=O)NS(=O)(=O)C1CC1. The lowest BCUT2D eigenvalue weighted by Crippen LogP contribution is -2.34. The lowest BCUT2D eigenvalue weighted by molar-refractivity contribution is -0.274. The molecule has 1 N–H and O–H groups in total. The molecule has 0 atom stereocenters. The molecule has 2 aliphatic carbocycles. The van der Waals surface area contributed by atoms with E-state index in [-0.39, 0.29) is 11.4 Å². The van der Waals surface area contributed by atoms with Gasteiger partial charge in [0.1, 0.15) is 11.4 Å². The van der Waals surface area contributed by atoms with Gasteiger partial charge in [0.25, 0.3) is 5.91 Å². The molecule has 2 fully saturated rings. The van der Waals surface area contributed by atoms with E-state index in [1.54, 1.807) is 19.1 Å². The Hall–Kier alpha value is -2.34. The van der Waals surface area contributed by atoms with E-state index in [4.69, 9.17) is 0 Å². The Balaban J connectivity index is 1.51. The van der Waals surface area contributed by atoms with E-state index in [1.165, 1.54) is 55.6 Å². The largest absolute Gasteiger partial charge is 0.573 e. The molecule has 0 spiro atoms. The van der Waals surface area contributed by atoms with E-state index in [1.807, 2.05) is 4.90 Å². The second-order valence-electron chi connectivity index (χ2n) is 9.48. The molecule has 0 radical (unpaired) electrons. The number of aromatic nitrogens is 1. The van der Waals surface area contributed by atoms with Gasteiger partial charge in [-0.15, -0.1) is 24.5 Å². The molecular weight excluding hydrogens is 515 g/mol. The number of anilines is 1. The van der Waals surface area contributed by atoms with Crippen LogP contribution in [0, 0.1) is 12.8 Å². The molecule has 1 heterocycles. The minimum absolute atomic E-state index is 0.0795. The van der Waals surface area contributed by atoms with Crippen molar-refractivity contribution >= 4 is 32.4 Å². The van der Waals surface area contributed by atoms with E-state index in [9.17, 15) is 26.4 Å². The molecule has 0 aliphatic heterocycles. The molecular formula is C24H30F3N3O4S2. The molecule has 7 nitrogen and oxygen atoms in total. The summed E-state index contributed by atoms with van der Waals surface area (Å²) in [5, 5.41) is 0.0593. The fraction of sp³-hybridized carbons (Fsp3) is 0.583. The second kappa shape index (κ2) is 11.0. The van der Waals surface area contributed by atoms with Crippen LogP contribution < -0.4 is 14.4 Å². The smallest absolute Gasteiger partial charge is 0.406 e. The fourth-order valence-corrected chi connectivity index (χ4v) is 6.65. The third kappa shape index (κ3) is 7.34. The number of ether oxygens (including phenoxy) is 1. The zero-order valence-corrected chi connectivity index (χ0v) is 21.6. The van der Waals surface area contributed by atoms with Crippen LogP contribution in [0.1, 0.15) is 72.3 Å². The van der Waals surface area contributed by atoms with Crippen molar-refractivity contribution in [2.24, 2.45) is 5.92 Å². The Morgan fingerprint density at radius 3 is 2.42 bits per heavy atom. The van der Waals surface area contributed by atoms with Gasteiger partial charge in [0, 0.05) is 18.0 Å². The Labute approximate surface area is 213 Å². The van der Waals surface area contributed by atoms with Crippen molar-refractivity contribution in [1.29, 1.82) is 0 Å². The molecule has 2 saturated carbocycles. The van der Waals surface area contributed by atoms with E-state index >= 15 is 0 Å². The number of amides is 1. The van der Waals surface area contributed by atoms with Crippen molar-refractivity contribution in [3.8, 4) is 5.75 Å². The number of nitrogens with zero attached hydrogens (tertiary/aromatic N) is 2. The Morgan fingerprint density at radius 2 is 1.81 bits per heavy atom. The molecule has 4 rings (SSSR count). The van der Waals surface area contributed by atoms with Gasteiger partial charge in [0.2, 0.25) is 10.0 Å². The first-order valence-electron chi connectivity index (χ1n) is 12.1. The molecule has 2 aromatic rings. The monoisotopic (exact) mass is 545 g/mol. The van der Waals surface area contributed by atoms with Crippen LogP contribution >= 0.6 is 11.3 Å². The fourth-order valence-electron chi connectivity index (χ4n) is 4.44. The third-order valence-corrected chi connectivity index (χ3v) is 9.38. The third-order valence-electron chi connectivity index (χ3n) is 6.53. The van der Waals surface area contributed by atoms with E-state index in [0.717, 1.165) is 12.0 Å². The summed E-state index contributed by atoms with van der Waals surface area (Å²) >= 11 is 1.30. The van der Waals surface area contributed by atoms with Crippen LogP contribution in [0.4, 0.5) is 18.3 Å². The van der Waals surface area contributed by atoms with Gasteiger partial charge in [-0.3, -0.25) is 4.79 Å². The number of alkyl halides is 3. The van der Waals surface area contributed by atoms with Crippen molar-refractivity contribution in [2.45, 2.75) is 76.4 Å². The summed E-state index contributed by atoms with van der Waals surface area (Å²) in [5.74, 6) is -0.431. The minimum atomic E-state index is -4.75. The normalized spacial score (nSPS) is 17.1. The van der Waals surface area contributed by atoms with Crippen LogP contribution in [0.2, 0.25) is 0 Å². The number of aryl methyl sites for hydroxylation is 1. The minimum Gasteiger partial charge on any atom is -0.406 e. The highest BCUT2D eigenvalue weighted by Crippen LogP contribution is 2.32. The predicted octanol–water partition coefficient (Wildman–Crippen LogP) is 5.55. The maximum Gasteiger partial charge on any atom is 0.573 e. The molecule has 12 heteroatoms. The van der Waals surface area contributed by atoms with Gasteiger partial charge in [-0.1, -0.05) is 44.2 Å². The van der Waals surface area contributed by atoms with Gasteiger partial charge in [-0.25, -0.2) is 18.1 Å². The Bertz CT molecular complexity index is 1160. The Morgan fingerprint density at radius 1 is 1.14 bits per heavy atom. The number of nitrogens with one attached hydrogen (secondary N) is 1. The zero-order chi connectivity index (χ0) is 25.9. The quantitative estimate of drug-likeness (QED) is 0.421. The molecule has 1 amide bonds. The van der Waals surface area contributed by atoms with Gasteiger partial charge in [0.05, 0.1) is 5.25 Å². The van der Waals surface area contributed by atoms with E-state index < -0.39 is 27.5 Å². The summed E-state index contributed by atoms with van der Waals surface area (Å²) in [6.07, 6.45) is 3.28. The van der Waals surface area contributed by atoms with Crippen LogP contribution in [0.25, 0.3) is 0 Å². The maximum absolute atomic E-state index is 12.7. The van der Waals surface area contributed by atoms with Crippen molar-refractivity contribution in [3.05, 3.63) is 40.4 Å². The summed E-state index contributed by atoms with van der Waals surface area (Å²) in [7, 11) is -3.69. The average molecular weight is 546 g/mol. The lowest BCUT2D eigenvalue weighted by atomic mass is 9.87. The number of carbonyl (C=O) groups excluding carboxylic acids is 1. The molecule has 2 aliphatic rings. The van der Waals surface area contributed by atoms with Gasteiger partial charge in [0.15, 0.2) is 5.13 Å². The predicted molar refractivity (Wildman–Crippen MR) is 132 cm³/mol. The second-order valence-corrected chi connectivity index (χ2v) is 12.6. The highest BCUT2D eigenvalue weighted by atomic mass is 32.2. The van der Waals surface area contributed by atoms with Gasteiger partial charge >= 0.3 is 6.36 Å². The summed E-state index contributed by atoms with van der Waals surface area (Å²) < 4.78 is 68.0. The first kappa shape index (κ1) is 26.7. The number of sulfonamides is 1. The molecule has 0 saturated heterocycles. The van der Waals surface area contributed by atoms with Crippen LogP contribution in [-0.2, 0) is 16.6 Å². The van der Waals surface area contributed by atoms with Crippen molar-refractivity contribution in [2.75, 3.05) is 11.4 Å². The molecule has 1 aromatic carbocycles. The van der Waals surface area contributed by atoms with Crippen LogP contribution in [-0.4, -0.2) is 37.5 Å². The van der Waals surface area contributed by atoms with Crippen LogP contribution in [0.5, 0.6) is 5.75 Å². The average Bonchev–Trinajstić information content (AvgIpc) is 3.60. The van der Waals surface area contributed by atoms with E-state index in [2.05, 4.69) is 14.4 Å². The molecule has 0 unspecified atom stereocenters. The lowest BCUT2D eigenvalue weighted by Gasteiger charge is -2.27. The van der Waals surface area contributed by atoms with Crippen LogP contribution in [0.15, 0.2) is 24.3 Å². The highest BCUT2D eigenvalue weighted by Gasteiger charge is 2.37. The van der Waals surface area contributed by atoms with Gasteiger partial charge < -0.3 is 9.64 Å². The number of rotatable bonds is 10. The van der Waals surface area contributed by atoms with Crippen molar-refractivity contribution < 1.29 is 31.1 Å². The maximum atomic E-state index is 12.7. The summed E-state index contributed by atoms with van der Waals surface area (Å²) in [5.41, 5.74) is 0.846. The standard InChI is InChI=1S/C24H30F3N3O4S2/c1-16-21(22(31)29-36(32,33)20-11-12-20)28-23(35-16)30(14-13-17-5-3-2-4-6-17)15-18-7-9-19(10-8-18)34-24(25,26)27/h7-10,17,20H,2-6,11-15H2,1H3,(H,29,31). The number of halogens is 3. The number of hydrogen-bond donors (Lipinski definition) is 1. The summed E-state index contributed by atoms with van der Waals surface area (Å²) in [4.78, 5) is 19.8. The molecule has 198 valence electrons. The highest BCUT2D eigenvalue weighted by molar-refractivity contribution is 7.91. The first-order chi connectivity index (χ1) is 17.0. The first-order valence-corrected chi connectivity index (χ1v) is 14.5. The number of thiazole rings is 1. The van der Waals surface area contributed by atoms with Crippen molar-refractivity contribution in [3.63, 3.8) is 0 Å². The van der Waals surface area contributed by atoms with Crippen molar-refractivity contribution in [1.82, 2.24) is 9.71 Å². The van der Waals surface area contributed by atoms with Crippen LogP contribution in [0.3, 0.4) is 0 Å². The topological polar surface area (TPSA) is 88.6 Å². The zero-order valence-electron chi connectivity index (χ0n) is 20.0.